The van der Waals surface area contributed by atoms with Crippen LogP contribution < -0.4 is 4.74 Å². The van der Waals surface area contributed by atoms with Gasteiger partial charge in [0.2, 0.25) is 0 Å². The lowest BCUT2D eigenvalue weighted by Crippen LogP contribution is -2.10. The zero-order chi connectivity index (χ0) is 20.3. The van der Waals surface area contributed by atoms with Crippen molar-refractivity contribution < 1.29 is 32.5 Å². The Hall–Kier alpha value is -2.54. The number of aliphatic carboxylic acids is 1. The summed E-state index contributed by atoms with van der Waals surface area (Å²) >= 11 is 0. The summed E-state index contributed by atoms with van der Waals surface area (Å²) in [7, 11) is 0. The molecule has 7 heteroatoms. The normalized spacial score (nSPS) is 17.2. The van der Waals surface area contributed by atoms with Gasteiger partial charge in [-0.25, -0.2) is 0 Å². The molecule has 2 aromatic carbocycles. The van der Waals surface area contributed by atoms with Crippen molar-refractivity contribution in [1.82, 2.24) is 0 Å². The van der Waals surface area contributed by atoms with Crippen LogP contribution in [0.5, 0.6) is 5.75 Å². The number of fused-ring (bicyclic) bond motifs is 1. The van der Waals surface area contributed by atoms with E-state index in [-0.39, 0.29) is 12.5 Å². The molecule has 4 nitrogen and oxygen atoms in total. The van der Waals surface area contributed by atoms with Gasteiger partial charge in [0.15, 0.2) is 0 Å². The van der Waals surface area contributed by atoms with E-state index in [1.165, 1.54) is 12.1 Å². The Morgan fingerprint density at radius 1 is 1.21 bits per heavy atom. The summed E-state index contributed by atoms with van der Waals surface area (Å²) in [6, 6.07) is 10.7. The molecule has 1 unspecified atom stereocenters. The van der Waals surface area contributed by atoms with Gasteiger partial charge >= 0.3 is 12.1 Å². The number of alkyl halides is 3. The molecule has 0 saturated heterocycles. The van der Waals surface area contributed by atoms with E-state index in [0.29, 0.717) is 30.8 Å². The Labute approximate surface area is 160 Å². The highest BCUT2D eigenvalue weighted by molar-refractivity contribution is 5.67. The van der Waals surface area contributed by atoms with Gasteiger partial charge in [-0.3, -0.25) is 4.79 Å². The Kier molecular flexibility index (Phi) is 5.93. The molecule has 0 spiro atoms. The molecular weight excluding hydrogens is 373 g/mol. The Bertz CT molecular complexity index is 831. The molecule has 1 aliphatic rings. The van der Waals surface area contributed by atoms with Crippen molar-refractivity contribution in [1.29, 1.82) is 0 Å². The standard InChI is InChI=1S/C21H21F3O4/c1-2-27-19(12-20(25)26)13-3-7-16(8-4-13)28-18-10-5-14-11-15(21(22,23)24)6-9-17(14)18/h3-4,6-9,11,18-19H,2,5,10,12H2,1H3,(H,25,26)/t18?,19-/m0/s1. The SMILES string of the molecule is CCO[C@@H](CC(=O)O)c1ccc(OC2CCc3cc(C(F)(F)F)ccc32)cc1. The summed E-state index contributed by atoms with van der Waals surface area (Å²) in [5.41, 5.74) is 1.53. The van der Waals surface area contributed by atoms with E-state index in [0.717, 1.165) is 17.2 Å². The number of hydrogen-bond acceptors (Lipinski definition) is 3. The van der Waals surface area contributed by atoms with Crippen molar-refractivity contribution in [2.75, 3.05) is 6.61 Å². The van der Waals surface area contributed by atoms with Crippen LogP contribution in [0.3, 0.4) is 0 Å². The van der Waals surface area contributed by atoms with Crippen molar-refractivity contribution in [3.05, 3.63) is 64.7 Å². The number of hydrogen-bond donors (Lipinski definition) is 1. The number of carboxylic acids is 1. The first-order valence-corrected chi connectivity index (χ1v) is 9.08. The van der Waals surface area contributed by atoms with Crippen LogP contribution in [0, 0.1) is 0 Å². The maximum atomic E-state index is 12.9. The van der Waals surface area contributed by atoms with Gasteiger partial charge in [-0.2, -0.15) is 13.2 Å². The van der Waals surface area contributed by atoms with Gasteiger partial charge in [-0.15, -0.1) is 0 Å². The maximum absolute atomic E-state index is 12.9. The summed E-state index contributed by atoms with van der Waals surface area (Å²) in [6.45, 7) is 2.20. The molecule has 0 radical (unpaired) electrons. The summed E-state index contributed by atoms with van der Waals surface area (Å²) in [4.78, 5) is 11.0. The fourth-order valence-electron chi connectivity index (χ4n) is 3.44. The maximum Gasteiger partial charge on any atom is 0.416 e. The predicted octanol–water partition coefficient (Wildman–Crippen LogP) is 5.32. The third-order valence-electron chi connectivity index (χ3n) is 4.75. The number of carboxylic acid groups (broad SMARTS) is 1. The molecule has 150 valence electrons. The van der Waals surface area contributed by atoms with Crippen LogP contribution in [0.2, 0.25) is 0 Å². The first-order valence-electron chi connectivity index (χ1n) is 9.08. The van der Waals surface area contributed by atoms with Crippen LogP contribution in [0.25, 0.3) is 0 Å². The molecule has 0 bridgehead atoms. The highest BCUT2D eigenvalue weighted by Crippen LogP contribution is 2.39. The van der Waals surface area contributed by atoms with Crippen LogP contribution in [0.4, 0.5) is 13.2 Å². The van der Waals surface area contributed by atoms with Gasteiger partial charge in [0.1, 0.15) is 11.9 Å². The number of halogens is 3. The van der Waals surface area contributed by atoms with Crippen LogP contribution in [0.15, 0.2) is 42.5 Å². The Morgan fingerprint density at radius 2 is 1.93 bits per heavy atom. The van der Waals surface area contributed by atoms with Crippen LogP contribution >= 0.6 is 0 Å². The number of ether oxygens (including phenoxy) is 2. The number of rotatable bonds is 7. The molecule has 3 rings (SSSR count). The molecule has 0 aliphatic heterocycles. The van der Waals surface area contributed by atoms with Crippen LogP contribution in [0.1, 0.15) is 54.2 Å². The van der Waals surface area contributed by atoms with Crippen molar-refractivity contribution in [3.63, 3.8) is 0 Å². The van der Waals surface area contributed by atoms with Crippen molar-refractivity contribution in [2.45, 2.75) is 44.6 Å². The minimum atomic E-state index is -4.35. The van der Waals surface area contributed by atoms with E-state index < -0.39 is 23.8 Å². The van der Waals surface area contributed by atoms with Crippen molar-refractivity contribution in [3.8, 4) is 5.75 Å². The van der Waals surface area contributed by atoms with Gasteiger partial charge < -0.3 is 14.6 Å². The van der Waals surface area contributed by atoms with E-state index in [9.17, 15) is 18.0 Å². The molecule has 2 atom stereocenters. The van der Waals surface area contributed by atoms with E-state index in [1.54, 1.807) is 31.2 Å². The van der Waals surface area contributed by atoms with Gasteiger partial charge in [0.05, 0.1) is 18.1 Å². The smallest absolute Gasteiger partial charge is 0.416 e. The average molecular weight is 394 g/mol. The molecule has 0 heterocycles. The predicted molar refractivity (Wildman–Crippen MR) is 96.2 cm³/mol. The second-order valence-electron chi connectivity index (χ2n) is 6.67. The molecule has 0 fully saturated rings. The molecule has 0 saturated carbocycles. The van der Waals surface area contributed by atoms with E-state index in [2.05, 4.69) is 0 Å². The van der Waals surface area contributed by atoms with Crippen LogP contribution in [-0.2, 0) is 22.1 Å². The summed E-state index contributed by atoms with van der Waals surface area (Å²) in [5.74, 6) is -0.369. The van der Waals surface area contributed by atoms with Crippen molar-refractivity contribution in [2.24, 2.45) is 0 Å². The van der Waals surface area contributed by atoms with Crippen LogP contribution in [-0.4, -0.2) is 17.7 Å². The lowest BCUT2D eigenvalue weighted by atomic mass is 10.0. The van der Waals surface area contributed by atoms with Gasteiger partial charge in [-0.05, 0) is 60.7 Å². The second kappa shape index (κ2) is 8.22. The molecule has 1 N–H and O–H groups in total. The minimum absolute atomic E-state index is 0.133. The number of aryl methyl sites for hydroxylation is 1. The second-order valence-corrected chi connectivity index (χ2v) is 6.67. The largest absolute Gasteiger partial charge is 0.486 e. The molecule has 2 aromatic rings. The zero-order valence-electron chi connectivity index (χ0n) is 15.3. The Balaban J connectivity index is 1.71. The number of benzene rings is 2. The monoisotopic (exact) mass is 394 g/mol. The summed E-state index contributed by atoms with van der Waals surface area (Å²) in [5, 5.41) is 9.00. The van der Waals surface area contributed by atoms with Crippen molar-refractivity contribution >= 4 is 5.97 Å². The lowest BCUT2D eigenvalue weighted by Gasteiger charge is -2.18. The van der Waals surface area contributed by atoms with E-state index in [1.807, 2.05) is 0 Å². The minimum Gasteiger partial charge on any atom is -0.486 e. The zero-order valence-corrected chi connectivity index (χ0v) is 15.3. The van der Waals surface area contributed by atoms with Gasteiger partial charge in [-0.1, -0.05) is 18.2 Å². The Morgan fingerprint density at radius 3 is 2.54 bits per heavy atom. The molecule has 0 amide bonds. The molecular formula is C21H21F3O4. The van der Waals surface area contributed by atoms with Gasteiger partial charge in [0, 0.05) is 6.61 Å². The molecule has 1 aliphatic carbocycles. The highest BCUT2D eigenvalue weighted by Gasteiger charge is 2.33. The average Bonchev–Trinajstić information content (AvgIpc) is 3.03. The third-order valence-corrected chi connectivity index (χ3v) is 4.75. The fourth-order valence-corrected chi connectivity index (χ4v) is 3.44. The van der Waals surface area contributed by atoms with E-state index in [4.69, 9.17) is 14.6 Å². The summed E-state index contributed by atoms with van der Waals surface area (Å²) < 4.78 is 50.0. The number of carbonyl (C=O) groups is 1. The quantitative estimate of drug-likeness (QED) is 0.690. The van der Waals surface area contributed by atoms with E-state index >= 15 is 0 Å². The first-order chi connectivity index (χ1) is 13.3. The highest BCUT2D eigenvalue weighted by atomic mass is 19.4. The third kappa shape index (κ3) is 4.65. The van der Waals surface area contributed by atoms with Gasteiger partial charge in [0.25, 0.3) is 0 Å². The summed E-state index contributed by atoms with van der Waals surface area (Å²) in [6.07, 6.45) is -4.18. The molecule has 0 aromatic heterocycles. The molecule has 28 heavy (non-hydrogen) atoms. The first kappa shape index (κ1) is 20.2. The topological polar surface area (TPSA) is 55.8 Å². The lowest BCUT2D eigenvalue weighted by molar-refractivity contribution is -0.140. The fraction of sp³-hybridized carbons (Fsp3) is 0.381.